The fourth-order valence-corrected chi connectivity index (χ4v) is 3.94. The van der Waals surface area contributed by atoms with Gasteiger partial charge in [0.05, 0.1) is 0 Å². The highest BCUT2D eigenvalue weighted by Crippen LogP contribution is 2.19. The normalized spacial score (nSPS) is 16.3. The lowest BCUT2D eigenvalue weighted by Gasteiger charge is -2.31. The van der Waals surface area contributed by atoms with E-state index in [9.17, 15) is 9.59 Å². The van der Waals surface area contributed by atoms with Crippen molar-refractivity contribution in [1.82, 2.24) is 15.5 Å². The molecule has 0 aromatic heterocycles. The molecule has 0 spiro atoms. The molecule has 2 aromatic carbocycles. The second-order valence-electron chi connectivity index (χ2n) is 7.68. The molecule has 29 heavy (non-hydrogen) atoms. The van der Waals surface area contributed by atoms with Crippen LogP contribution in [0.15, 0.2) is 48.5 Å². The number of piperidine rings is 1. The van der Waals surface area contributed by atoms with Crippen LogP contribution in [0.5, 0.6) is 5.75 Å². The number of rotatable bonds is 6. The second kappa shape index (κ2) is 9.09. The van der Waals surface area contributed by atoms with Crippen molar-refractivity contribution in [3.05, 3.63) is 65.2 Å². The molecule has 4 rings (SSSR count). The lowest BCUT2D eigenvalue weighted by Crippen LogP contribution is -2.44. The van der Waals surface area contributed by atoms with E-state index in [4.69, 9.17) is 4.74 Å². The maximum atomic E-state index is 12.5. The Hall–Kier alpha value is -2.86. The highest BCUT2D eigenvalue weighted by molar-refractivity contribution is 5.80. The Kier molecular flexibility index (Phi) is 6.10. The summed E-state index contributed by atoms with van der Waals surface area (Å²) in [5, 5.41) is 6.40. The van der Waals surface area contributed by atoms with Crippen LogP contribution in [-0.4, -0.2) is 36.4 Å². The number of para-hydroxylation sites is 1. The fraction of sp³-hybridized carbons (Fsp3) is 0.391. The minimum Gasteiger partial charge on any atom is -0.484 e. The molecule has 0 aliphatic carbocycles. The molecule has 2 amide bonds. The number of carbonyl (C=O) groups excluding carboxylic acids is 2. The van der Waals surface area contributed by atoms with Crippen molar-refractivity contribution in [3.63, 3.8) is 0 Å². The number of nitrogens with zero attached hydrogens (tertiary/aromatic N) is 1. The zero-order valence-electron chi connectivity index (χ0n) is 16.5. The van der Waals surface area contributed by atoms with E-state index in [1.54, 1.807) is 4.90 Å². The predicted octanol–water partition coefficient (Wildman–Crippen LogP) is 2.22. The van der Waals surface area contributed by atoms with Gasteiger partial charge in [-0.2, -0.15) is 0 Å². The third kappa shape index (κ3) is 4.95. The monoisotopic (exact) mass is 393 g/mol. The highest BCUT2D eigenvalue weighted by Gasteiger charge is 2.27. The number of likely N-dealkylation sites (tertiary alicyclic amines) is 1. The first kappa shape index (κ1) is 19.5. The Labute approximate surface area is 171 Å². The van der Waals surface area contributed by atoms with Crippen molar-refractivity contribution in [1.29, 1.82) is 0 Å². The summed E-state index contributed by atoms with van der Waals surface area (Å²) in [5.41, 5.74) is 3.79. The Morgan fingerprint density at radius 3 is 2.59 bits per heavy atom. The fourth-order valence-electron chi connectivity index (χ4n) is 3.94. The minimum atomic E-state index is -0.0369. The van der Waals surface area contributed by atoms with E-state index >= 15 is 0 Å². The summed E-state index contributed by atoms with van der Waals surface area (Å²) in [6.45, 7) is 3.61. The van der Waals surface area contributed by atoms with Gasteiger partial charge >= 0.3 is 0 Å². The summed E-state index contributed by atoms with van der Waals surface area (Å²) >= 11 is 0. The first-order valence-corrected chi connectivity index (χ1v) is 10.2. The quantitative estimate of drug-likeness (QED) is 0.790. The SMILES string of the molecule is O=C(NCc1ccc2c(c1)CNC2)C1CCN(C(=O)COc2ccccc2)CC1. The van der Waals surface area contributed by atoms with Crippen molar-refractivity contribution < 1.29 is 14.3 Å². The molecule has 0 unspecified atom stereocenters. The summed E-state index contributed by atoms with van der Waals surface area (Å²) < 4.78 is 5.54. The van der Waals surface area contributed by atoms with Crippen molar-refractivity contribution in [2.75, 3.05) is 19.7 Å². The van der Waals surface area contributed by atoms with Gasteiger partial charge in [0.25, 0.3) is 5.91 Å². The van der Waals surface area contributed by atoms with E-state index in [1.165, 1.54) is 11.1 Å². The summed E-state index contributed by atoms with van der Waals surface area (Å²) in [6, 6.07) is 15.7. The van der Waals surface area contributed by atoms with Gasteiger partial charge in [-0.3, -0.25) is 9.59 Å². The molecule has 6 heteroatoms. The van der Waals surface area contributed by atoms with Gasteiger partial charge in [-0.1, -0.05) is 36.4 Å². The van der Waals surface area contributed by atoms with Crippen LogP contribution in [0.2, 0.25) is 0 Å². The maximum absolute atomic E-state index is 12.5. The lowest BCUT2D eigenvalue weighted by molar-refractivity contribution is -0.137. The van der Waals surface area contributed by atoms with Gasteiger partial charge < -0.3 is 20.3 Å². The van der Waals surface area contributed by atoms with E-state index < -0.39 is 0 Å². The van der Waals surface area contributed by atoms with E-state index in [0.29, 0.717) is 38.2 Å². The molecule has 2 aromatic rings. The van der Waals surface area contributed by atoms with Crippen LogP contribution in [0.25, 0.3) is 0 Å². The highest BCUT2D eigenvalue weighted by atomic mass is 16.5. The van der Waals surface area contributed by atoms with Crippen LogP contribution in [0, 0.1) is 5.92 Å². The molecule has 0 saturated carbocycles. The Bertz CT molecular complexity index is 861. The van der Waals surface area contributed by atoms with Gasteiger partial charge in [0.15, 0.2) is 6.61 Å². The molecular formula is C23H27N3O3. The van der Waals surface area contributed by atoms with E-state index in [-0.39, 0.29) is 24.3 Å². The van der Waals surface area contributed by atoms with Gasteiger partial charge in [0.2, 0.25) is 5.91 Å². The van der Waals surface area contributed by atoms with E-state index in [2.05, 4.69) is 28.8 Å². The molecule has 0 bridgehead atoms. The Morgan fingerprint density at radius 1 is 1.03 bits per heavy atom. The van der Waals surface area contributed by atoms with Crippen molar-refractivity contribution in [2.45, 2.75) is 32.5 Å². The number of nitrogens with one attached hydrogen (secondary N) is 2. The zero-order valence-corrected chi connectivity index (χ0v) is 16.5. The third-order valence-electron chi connectivity index (χ3n) is 5.69. The van der Waals surface area contributed by atoms with Crippen molar-refractivity contribution >= 4 is 11.8 Å². The largest absolute Gasteiger partial charge is 0.484 e. The van der Waals surface area contributed by atoms with Crippen LogP contribution in [0.1, 0.15) is 29.5 Å². The molecule has 2 aliphatic heterocycles. The number of hydrogen-bond donors (Lipinski definition) is 2. The standard InChI is InChI=1S/C23H27N3O3/c27-22(16-29-21-4-2-1-3-5-21)26-10-8-18(9-11-26)23(28)25-13-17-6-7-19-14-24-15-20(19)12-17/h1-7,12,18,24H,8-11,13-16H2,(H,25,28). The van der Waals surface area contributed by atoms with Crippen LogP contribution < -0.4 is 15.4 Å². The number of amides is 2. The summed E-state index contributed by atoms with van der Waals surface area (Å²) in [7, 11) is 0. The zero-order chi connectivity index (χ0) is 20.1. The van der Waals surface area contributed by atoms with Crippen molar-refractivity contribution in [2.24, 2.45) is 5.92 Å². The van der Waals surface area contributed by atoms with E-state index in [0.717, 1.165) is 18.7 Å². The molecule has 0 atom stereocenters. The molecule has 1 fully saturated rings. The van der Waals surface area contributed by atoms with Gasteiger partial charge in [0.1, 0.15) is 5.75 Å². The Balaban J connectivity index is 1.19. The van der Waals surface area contributed by atoms with Crippen LogP contribution in [-0.2, 0) is 29.2 Å². The second-order valence-corrected chi connectivity index (χ2v) is 7.68. The van der Waals surface area contributed by atoms with E-state index in [1.807, 2.05) is 30.3 Å². The van der Waals surface area contributed by atoms with Gasteiger partial charge in [-0.05, 0) is 41.7 Å². The molecule has 2 heterocycles. The predicted molar refractivity (Wildman–Crippen MR) is 110 cm³/mol. The van der Waals surface area contributed by atoms with Gasteiger partial charge in [-0.25, -0.2) is 0 Å². The third-order valence-corrected chi connectivity index (χ3v) is 5.69. The molecule has 6 nitrogen and oxygen atoms in total. The van der Waals surface area contributed by atoms with Crippen molar-refractivity contribution in [3.8, 4) is 5.75 Å². The molecule has 1 saturated heterocycles. The minimum absolute atomic E-state index is 0.0283. The average Bonchev–Trinajstić information content (AvgIpc) is 3.24. The number of benzene rings is 2. The van der Waals surface area contributed by atoms with Gasteiger partial charge in [-0.15, -0.1) is 0 Å². The topological polar surface area (TPSA) is 70.7 Å². The molecule has 0 radical (unpaired) electrons. The number of fused-ring (bicyclic) bond motifs is 1. The van der Waals surface area contributed by atoms with Crippen LogP contribution in [0.3, 0.4) is 0 Å². The molecule has 2 aliphatic rings. The summed E-state index contributed by atoms with van der Waals surface area (Å²) in [5.74, 6) is 0.707. The summed E-state index contributed by atoms with van der Waals surface area (Å²) in [6.07, 6.45) is 1.38. The smallest absolute Gasteiger partial charge is 0.260 e. The number of ether oxygens (including phenoxy) is 1. The van der Waals surface area contributed by atoms with Crippen LogP contribution >= 0.6 is 0 Å². The lowest BCUT2D eigenvalue weighted by atomic mass is 9.95. The molecule has 2 N–H and O–H groups in total. The first-order chi connectivity index (χ1) is 14.2. The Morgan fingerprint density at radius 2 is 1.79 bits per heavy atom. The van der Waals surface area contributed by atoms with Gasteiger partial charge in [0, 0.05) is 38.6 Å². The summed E-state index contributed by atoms with van der Waals surface area (Å²) in [4.78, 5) is 26.7. The number of carbonyl (C=O) groups is 2. The maximum Gasteiger partial charge on any atom is 0.260 e. The molecule has 152 valence electrons. The number of hydrogen-bond acceptors (Lipinski definition) is 4. The van der Waals surface area contributed by atoms with Crippen LogP contribution in [0.4, 0.5) is 0 Å². The first-order valence-electron chi connectivity index (χ1n) is 10.2. The average molecular weight is 393 g/mol. The molecular weight excluding hydrogens is 366 g/mol.